The Labute approximate surface area is 149 Å². The molecule has 0 unspecified atom stereocenters. The van der Waals surface area contributed by atoms with Crippen LogP contribution in [0.5, 0.6) is 23.0 Å². The highest BCUT2D eigenvalue weighted by Crippen LogP contribution is 2.30. The van der Waals surface area contributed by atoms with E-state index < -0.39 is 11.9 Å². The molecule has 2 rings (SSSR count). The number of hydrogen-bond donors (Lipinski definition) is 4. The first-order valence-electron chi connectivity index (χ1n) is 7.69. The fourth-order valence-electron chi connectivity index (χ4n) is 1.93. The van der Waals surface area contributed by atoms with Gasteiger partial charge >= 0.3 is 11.9 Å². The highest BCUT2D eigenvalue weighted by molar-refractivity contribution is 5.92. The molecule has 0 amide bonds. The topological polar surface area (TPSA) is 134 Å². The molecule has 4 N–H and O–H groups in total. The van der Waals surface area contributed by atoms with Crippen LogP contribution in [0.1, 0.15) is 34.6 Å². The third-order valence-electron chi connectivity index (χ3n) is 3.06. The van der Waals surface area contributed by atoms with Gasteiger partial charge in [-0.15, -0.1) is 0 Å². The van der Waals surface area contributed by atoms with Gasteiger partial charge in [0.15, 0.2) is 23.0 Å². The summed E-state index contributed by atoms with van der Waals surface area (Å²) in [7, 11) is 0. The molecule has 0 spiro atoms. The number of para-hydroxylation sites is 2. The molecule has 8 nitrogen and oxygen atoms in total. The van der Waals surface area contributed by atoms with Crippen molar-refractivity contribution in [3.8, 4) is 23.0 Å². The number of carboxylic acids is 2. The number of hydrogen-bond acceptors (Lipinski definition) is 6. The maximum atomic E-state index is 10.6. The number of phenols is 2. The zero-order valence-electron chi connectivity index (χ0n) is 14.3. The molecule has 0 aliphatic heterocycles. The van der Waals surface area contributed by atoms with Gasteiger partial charge in [-0.25, -0.2) is 9.59 Å². The maximum absolute atomic E-state index is 10.6. The van der Waals surface area contributed by atoms with E-state index in [-0.39, 0.29) is 34.1 Å². The van der Waals surface area contributed by atoms with Crippen LogP contribution >= 0.6 is 0 Å². The maximum Gasteiger partial charge on any atom is 0.339 e. The summed E-state index contributed by atoms with van der Waals surface area (Å²) in [5, 5.41) is 36.1. The molecule has 2 aromatic rings. The normalized spacial score (nSPS) is 9.62. The summed E-state index contributed by atoms with van der Waals surface area (Å²) in [6, 6.07) is 8.72. The van der Waals surface area contributed by atoms with Crippen molar-refractivity contribution in [2.24, 2.45) is 0 Å². The zero-order valence-corrected chi connectivity index (χ0v) is 14.3. The van der Waals surface area contributed by atoms with E-state index in [9.17, 15) is 19.8 Å². The van der Waals surface area contributed by atoms with Crippen LogP contribution in [0.2, 0.25) is 0 Å². The minimum absolute atomic E-state index is 0.147. The summed E-state index contributed by atoms with van der Waals surface area (Å²) in [6.07, 6.45) is 0. The van der Waals surface area contributed by atoms with Crippen molar-refractivity contribution in [2.45, 2.75) is 13.8 Å². The van der Waals surface area contributed by atoms with Crippen molar-refractivity contribution in [1.29, 1.82) is 0 Å². The third-order valence-corrected chi connectivity index (χ3v) is 3.06. The van der Waals surface area contributed by atoms with Crippen LogP contribution in [0.25, 0.3) is 0 Å². The molecule has 0 fully saturated rings. The molecular weight excluding hydrogens is 344 g/mol. The molecule has 0 aliphatic rings. The molecule has 26 heavy (non-hydrogen) atoms. The molecule has 0 atom stereocenters. The molecule has 0 heterocycles. The van der Waals surface area contributed by atoms with E-state index in [4.69, 9.17) is 19.7 Å². The summed E-state index contributed by atoms with van der Waals surface area (Å²) in [5.74, 6) is -2.59. The van der Waals surface area contributed by atoms with Gasteiger partial charge < -0.3 is 29.9 Å². The lowest BCUT2D eigenvalue weighted by molar-refractivity contribution is 0.0681. The van der Waals surface area contributed by atoms with Gasteiger partial charge in [-0.05, 0) is 38.1 Å². The van der Waals surface area contributed by atoms with Crippen molar-refractivity contribution in [3.63, 3.8) is 0 Å². The van der Waals surface area contributed by atoms with E-state index >= 15 is 0 Å². The van der Waals surface area contributed by atoms with Crippen molar-refractivity contribution in [2.75, 3.05) is 13.2 Å². The van der Waals surface area contributed by atoms with E-state index in [0.717, 1.165) is 0 Å². The quantitative estimate of drug-likeness (QED) is 0.615. The van der Waals surface area contributed by atoms with E-state index in [0.29, 0.717) is 13.2 Å². The Hall–Kier alpha value is -3.42. The first-order chi connectivity index (χ1) is 12.3. The summed E-state index contributed by atoms with van der Waals surface area (Å²) >= 11 is 0. The SMILES string of the molecule is CCOc1cccc(C(=O)O)c1O.CCOc1cccc(C(=O)O)c1O. The summed E-state index contributed by atoms with van der Waals surface area (Å²) < 4.78 is 10.0. The lowest BCUT2D eigenvalue weighted by Gasteiger charge is -2.06. The van der Waals surface area contributed by atoms with Gasteiger partial charge in [-0.2, -0.15) is 0 Å². The minimum Gasteiger partial charge on any atom is -0.504 e. The monoisotopic (exact) mass is 364 g/mol. The van der Waals surface area contributed by atoms with Gasteiger partial charge in [0.1, 0.15) is 11.1 Å². The number of aromatic hydroxyl groups is 2. The largest absolute Gasteiger partial charge is 0.504 e. The molecule has 2 aromatic carbocycles. The highest BCUT2D eigenvalue weighted by atomic mass is 16.5. The van der Waals surface area contributed by atoms with Crippen LogP contribution in [0.15, 0.2) is 36.4 Å². The van der Waals surface area contributed by atoms with E-state index in [1.165, 1.54) is 36.4 Å². The fourth-order valence-corrected chi connectivity index (χ4v) is 1.93. The lowest BCUT2D eigenvalue weighted by Crippen LogP contribution is -1.99. The average molecular weight is 364 g/mol. The Kier molecular flexibility index (Phi) is 7.75. The number of ether oxygens (including phenoxy) is 2. The molecule has 0 saturated carbocycles. The smallest absolute Gasteiger partial charge is 0.339 e. The average Bonchev–Trinajstić information content (AvgIpc) is 2.59. The second-order valence-electron chi connectivity index (χ2n) is 4.78. The minimum atomic E-state index is -1.17. The standard InChI is InChI=1S/2C9H10O4/c2*1-2-13-7-5-3-4-6(8(7)10)9(11)12/h2*3-5,10H,2H2,1H3,(H,11,12). The Bertz CT molecular complexity index is 704. The number of rotatable bonds is 6. The van der Waals surface area contributed by atoms with Gasteiger partial charge in [-0.1, -0.05) is 12.1 Å². The molecule has 0 radical (unpaired) electrons. The van der Waals surface area contributed by atoms with Crippen LogP contribution in [0, 0.1) is 0 Å². The second-order valence-corrected chi connectivity index (χ2v) is 4.78. The van der Waals surface area contributed by atoms with Crippen LogP contribution < -0.4 is 9.47 Å². The van der Waals surface area contributed by atoms with Gasteiger partial charge in [0.25, 0.3) is 0 Å². The van der Waals surface area contributed by atoms with Crippen LogP contribution in [-0.2, 0) is 0 Å². The molecule has 0 aromatic heterocycles. The molecule has 0 saturated heterocycles. The Morgan fingerprint density at radius 2 is 1.12 bits per heavy atom. The lowest BCUT2D eigenvalue weighted by atomic mass is 10.2. The molecular formula is C18H20O8. The summed E-state index contributed by atoms with van der Waals surface area (Å²) in [5.41, 5.74) is -0.295. The third kappa shape index (κ3) is 5.30. The van der Waals surface area contributed by atoms with E-state index in [1.54, 1.807) is 13.8 Å². The highest BCUT2D eigenvalue weighted by Gasteiger charge is 2.13. The second kappa shape index (κ2) is 9.77. The molecule has 0 aliphatic carbocycles. The van der Waals surface area contributed by atoms with Crippen LogP contribution in [0.4, 0.5) is 0 Å². The fraction of sp³-hybridized carbons (Fsp3) is 0.222. The van der Waals surface area contributed by atoms with E-state index in [1.807, 2.05) is 0 Å². The van der Waals surface area contributed by atoms with Crippen molar-refractivity contribution >= 4 is 11.9 Å². The first-order valence-corrected chi connectivity index (χ1v) is 7.69. The predicted molar refractivity (Wildman–Crippen MR) is 92.5 cm³/mol. The van der Waals surface area contributed by atoms with Gasteiger partial charge in [0, 0.05) is 0 Å². The number of benzene rings is 2. The predicted octanol–water partition coefficient (Wildman–Crippen LogP) is 2.98. The molecule has 140 valence electrons. The van der Waals surface area contributed by atoms with Crippen molar-refractivity contribution in [3.05, 3.63) is 47.5 Å². The van der Waals surface area contributed by atoms with Crippen LogP contribution in [0.3, 0.4) is 0 Å². The van der Waals surface area contributed by atoms with Gasteiger partial charge in [-0.3, -0.25) is 0 Å². The zero-order chi connectivity index (χ0) is 19.7. The van der Waals surface area contributed by atoms with Gasteiger partial charge in [0.2, 0.25) is 0 Å². The van der Waals surface area contributed by atoms with Crippen LogP contribution in [-0.4, -0.2) is 45.6 Å². The Morgan fingerprint density at radius 1 is 0.769 bits per heavy atom. The summed E-state index contributed by atoms with van der Waals surface area (Å²) in [6.45, 7) is 4.28. The molecule has 8 heteroatoms. The Balaban J connectivity index is 0.000000260. The van der Waals surface area contributed by atoms with Crippen molar-refractivity contribution < 1.29 is 39.5 Å². The number of carbonyl (C=O) groups is 2. The Morgan fingerprint density at radius 3 is 1.38 bits per heavy atom. The molecule has 0 bridgehead atoms. The number of carboxylic acid groups (broad SMARTS) is 2. The summed E-state index contributed by atoms with van der Waals surface area (Å²) in [4.78, 5) is 21.1. The van der Waals surface area contributed by atoms with E-state index in [2.05, 4.69) is 0 Å². The number of aromatic carboxylic acids is 2. The van der Waals surface area contributed by atoms with Crippen molar-refractivity contribution in [1.82, 2.24) is 0 Å². The van der Waals surface area contributed by atoms with Gasteiger partial charge in [0.05, 0.1) is 13.2 Å². The first kappa shape index (κ1) is 20.6.